The minimum Gasteiger partial charge on any atom is -0.475 e. The molecule has 1 N–H and O–H groups in total. The summed E-state index contributed by atoms with van der Waals surface area (Å²) in [5.74, 6) is 0.0786. The zero-order valence-electron chi connectivity index (χ0n) is 16.2. The van der Waals surface area contributed by atoms with Gasteiger partial charge in [0.2, 0.25) is 11.8 Å². The molecule has 2 aromatic carbocycles. The maximum absolute atomic E-state index is 13.5. The molecule has 0 fully saturated rings. The average Bonchev–Trinajstić information content (AvgIpc) is 3.20. The van der Waals surface area contributed by atoms with Gasteiger partial charge in [-0.1, -0.05) is 12.1 Å². The lowest BCUT2D eigenvalue weighted by molar-refractivity contribution is -0.118. The largest absolute Gasteiger partial charge is 0.475 e. The van der Waals surface area contributed by atoms with Crippen LogP contribution in [0.4, 0.5) is 8.78 Å². The van der Waals surface area contributed by atoms with E-state index < -0.39 is 0 Å². The third kappa shape index (κ3) is 5.34. The summed E-state index contributed by atoms with van der Waals surface area (Å²) in [5, 5.41) is 15.2. The fourth-order valence-corrected chi connectivity index (χ4v) is 3.46. The molecule has 0 saturated carbocycles. The second-order valence-electron chi connectivity index (χ2n) is 6.42. The van der Waals surface area contributed by atoms with Crippen molar-refractivity contribution < 1.29 is 18.3 Å². The summed E-state index contributed by atoms with van der Waals surface area (Å²) in [4.78, 5) is 12.7. The second-order valence-corrected chi connectivity index (χ2v) is 7.47. The van der Waals surface area contributed by atoms with Crippen molar-refractivity contribution in [2.24, 2.45) is 0 Å². The van der Waals surface area contributed by atoms with E-state index in [1.165, 1.54) is 40.5 Å². The van der Waals surface area contributed by atoms with Crippen molar-refractivity contribution in [3.8, 4) is 17.3 Å². The van der Waals surface area contributed by atoms with Crippen LogP contribution in [0.1, 0.15) is 0 Å². The van der Waals surface area contributed by atoms with E-state index in [1.54, 1.807) is 36.4 Å². The highest BCUT2D eigenvalue weighted by molar-refractivity contribution is 8.00. The van der Waals surface area contributed by atoms with E-state index in [1.807, 2.05) is 0 Å². The van der Waals surface area contributed by atoms with Gasteiger partial charge in [-0.05, 0) is 42.5 Å². The predicted molar refractivity (Wildman–Crippen MR) is 112 cm³/mol. The summed E-state index contributed by atoms with van der Waals surface area (Å²) in [7, 11) is 0. The fourth-order valence-electron chi connectivity index (χ4n) is 2.73. The summed E-state index contributed by atoms with van der Waals surface area (Å²) < 4.78 is 33.5. The van der Waals surface area contributed by atoms with Crippen LogP contribution in [0.25, 0.3) is 17.0 Å². The molecular weight excluding hydrogens is 424 g/mol. The zero-order chi connectivity index (χ0) is 21.6. The van der Waals surface area contributed by atoms with Crippen molar-refractivity contribution in [2.75, 3.05) is 18.9 Å². The van der Waals surface area contributed by atoms with Crippen molar-refractivity contribution >= 4 is 23.3 Å². The molecule has 4 aromatic rings. The molecule has 0 aliphatic carbocycles. The Labute approximate surface area is 180 Å². The number of hydrogen-bond acceptors (Lipinski definition) is 6. The molecule has 0 unspecified atom stereocenters. The highest BCUT2D eigenvalue weighted by Crippen LogP contribution is 2.20. The van der Waals surface area contributed by atoms with E-state index in [-0.39, 0.29) is 29.9 Å². The van der Waals surface area contributed by atoms with Gasteiger partial charge in [0.05, 0.1) is 12.3 Å². The molecule has 0 radical (unpaired) electrons. The van der Waals surface area contributed by atoms with Crippen molar-refractivity contribution in [3.05, 3.63) is 72.3 Å². The van der Waals surface area contributed by atoms with E-state index in [0.717, 1.165) is 4.90 Å². The maximum Gasteiger partial charge on any atom is 0.231 e. The van der Waals surface area contributed by atoms with Gasteiger partial charge in [-0.3, -0.25) is 4.79 Å². The molecule has 2 heterocycles. The Balaban J connectivity index is 1.29. The van der Waals surface area contributed by atoms with Crippen LogP contribution >= 0.6 is 11.8 Å². The zero-order valence-corrected chi connectivity index (χ0v) is 17.0. The van der Waals surface area contributed by atoms with Crippen molar-refractivity contribution in [1.29, 1.82) is 0 Å². The van der Waals surface area contributed by atoms with Crippen LogP contribution in [0, 0.1) is 11.6 Å². The number of aromatic nitrogens is 4. The number of nitrogens with zero attached hydrogens (tertiary/aromatic N) is 4. The van der Waals surface area contributed by atoms with E-state index >= 15 is 0 Å². The SMILES string of the molecule is O=C(CSc1ccc(F)cc1)NCCOc1ccc2nnc(-c3cccc(F)c3)n2n1. The first-order valence-electron chi connectivity index (χ1n) is 9.35. The molecule has 0 aliphatic rings. The lowest BCUT2D eigenvalue weighted by Crippen LogP contribution is -2.29. The van der Waals surface area contributed by atoms with Crippen LogP contribution in [0.3, 0.4) is 0 Å². The van der Waals surface area contributed by atoms with Gasteiger partial charge in [0, 0.05) is 16.5 Å². The molecule has 0 bridgehead atoms. The number of nitrogens with one attached hydrogen (secondary N) is 1. The Morgan fingerprint density at radius 1 is 1.03 bits per heavy atom. The number of carbonyl (C=O) groups excluding carboxylic acids is 1. The quantitative estimate of drug-likeness (QED) is 0.334. The molecular formula is C21H17F2N5O2S. The summed E-state index contributed by atoms with van der Waals surface area (Å²) in [6, 6.07) is 15.3. The number of benzene rings is 2. The van der Waals surface area contributed by atoms with E-state index in [0.29, 0.717) is 29.5 Å². The lowest BCUT2D eigenvalue weighted by atomic mass is 10.2. The van der Waals surface area contributed by atoms with Gasteiger partial charge in [0.15, 0.2) is 11.5 Å². The summed E-state index contributed by atoms with van der Waals surface area (Å²) in [6.07, 6.45) is 0. The number of hydrogen-bond donors (Lipinski definition) is 1. The molecule has 158 valence electrons. The third-order valence-electron chi connectivity index (χ3n) is 4.18. The molecule has 2 aromatic heterocycles. The topological polar surface area (TPSA) is 81.4 Å². The van der Waals surface area contributed by atoms with Gasteiger partial charge >= 0.3 is 0 Å². The lowest BCUT2D eigenvalue weighted by Gasteiger charge is -2.08. The molecule has 0 spiro atoms. The third-order valence-corrected chi connectivity index (χ3v) is 5.19. The molecule has 31 heavy (non-hydrogen) atoms. The summed E-state index contributed by atoms with van der Waals surface area (Å²) >= 11 is 1.32. The molecule has 7 nitrogen and oxygen atoms in total. The van der Waals surface area contributed by atoms with Crippen molar-refractivity contribution in [2.45, 2.75) is 4.90 Å². The minimum absolute atomic E-state index is 0.159. The Kier molecular flexibility index (Phi) is 6.37. The average molecular weight is 441 g/mol. The number of fused-ring (bicyclic) bond motifs is 1. The first kappa shape index (κ1) is 20.7. The molecule has 0 atom stereocenters. The molecule has 0 aliphatic heterocycles. The smallest absolute Gasteiger partial charge is 0.231 e. The van der Waals surface area contributed by atoms with Crippen LogP contribution in [0.2, 0.25) is 0 Å². The number of halogens is 2. The van der Waals surface area contributed by atoms with E-state index in [4.69, 9.17) is 4.74 Å². The van der Waals surface area contributed by atoms with Crippen LogP contribution in [0.15, 0.2) is 65.6 Å². The van der Waals surface area contributed by atoms with Gasteiger partial charge < -0.3 is 10.1 Å². The maximum atomic E-state index is 13.5. The fraction of sp³-hybridized carbons (Fsp3) is 0.143. The normalized spacial score (nSPS) is 10.9. The summed E-state index contributed by atoms with van der Waals surface area (Å²) in [5.41, 5.74) is 1.04. The Bertz CT molecular complexity index is 1200. The molecule has 1 amide bonds. The Morgan fingerprint density at radius 3 is 2.68 bits per heavy atom. The first-order chi connectivity index (χ1) is 15.1. The number of ether oxygens (including phenoxy) is 1. The van der Waals surface area contributed by atoms with Crippen LogP contribution in [-0.4, -0.2) is 44.6 Å². The van der Waals surface area contributed by atoms with E-state index in [9.17, 15) is 13.6 Å². The van der Waals surface area contributed by atoms with Gasteiger partial charge in [-0.2, -0.15) is 4.52 Å². The van der Waals surface area contributed by atoms with Crippen LogP contribution < -0.4 is 10.1 Å². The standard InChI is InChI=1S/C21H17F2N5O2S/c22-15-4-6-17(7-5-15)31-13-19(29)24-10-11-30-20-9-8-18-25-26-21(28(18)27-20)14-2-1-3-16(23)12-14/h1-9,12H,10-11,13H2,(H,24,29). The number of carbonyl (C=O) groups is 1. The van der Waals surface area contributed by atoms with Crippen molar-refractivity contribution in [3.63, 3.8) is 0 Å². The number of amides is 1. The number of thioether (sulfide) groups is 1. The van der Waals surface area contributed by atoms with Gasteiger partial charge in [0.25, 0.3) is 0 Å². The predicted octanol–water partition coefficient (Wildman–Crippen LogP) is 3.36. The minimum atomic E-state index is -0.380. The second kappa shape index (κ2) is 9.52. The van der Waals surface area contributed by atoms with Crippen LogP contribution in [-0.2, 0) is 4.79 Å². The Morgan fingerprint density at radius 2 is 1.87 bits per heavy atom. The highest BCUT2D eigenvalue weighted by atomic mass is 32.2. The Hall–Kier alpha value is -3.53. The molecule has 4 rings (SSSR count). The van der Waals surface area contributed by atoms with Gasteiger partial charge in [-0.25, -0.2) is 8.78 Å². The van der Waals surface area contributed by atoms with Crippen LogP contribution in [0.5, 0.6) is 5.88 Å². The van der Waals surface area contributed by atoms with Crippen molar-refractivity contribution in [1.82, 2.24) is 25.1 Å². The molecule has 0 saturated heterocycles. The van der Waals surface area contributed by atoms with E-state index in [2.05, 4.69) is 20.6 Å². The summed E-state index contributed by atoms with van der Waals surface area (Å²) in [6.45, 7) is 0.504. The van der Waals surface area contributed by atoms with Gasteiger partial charge in [-0.15, -0.1) is 27.1 Å². The molecule has 10 heteroatoms. The first-order valence-corrected chi connectivity index (χ1v) is 10.3. The van der Waals surface area contributed by atoms with Gasteiger partial charge in [0.1, 0.15) is 18.2 Å². The number of rotatable bonds is 8. The highest BCUT2D eigenvalue weighted by Gasteiger charge is 2.11. The monoisotopic (exact) mass is 441 g/mol.